The maximum Gasteiger partial charge on any atom is 0.488 e. The van der Waals surface area contributed by atoms with Crippen molar-refractivity contribution in [3.63, 3.8) is 0 Å². The van der Waals surface area contributed by atoms with Crippen LogP contribution in [0.2, 0.25) is 0 Å². The van der Waals surface area contributed by atoms with Gasteiger partial charge in [-0.3, -0.25) is 4.90 Å². The zero-order valence-corrected chi connectivity index (χ0v) is 16.3. The fraction of sp³-hybridized carbons (Fsp3) is 0.120. The van der Waals surface area contributed by atoms with E-state index >= 15 is 0 Å². The molecule has 0 unspecified atom stereocenters. The van der Waals surface area contributed by atoms with E-state index in [0.717, 1.165) is 12.1 Å². The van der Waals surface area contributed by atoms with Gasteiger partial charge in [0.2, 0.25) is 0 Å². The molecule has 0 aliphatic rings. The second-order valence-corrected chi connectivity index (χ2v) is 7.87. The number of hydrogen-bond donors (Lipinski definition) is 2. The van der Waals surface area contributed by atoms with E-state index in [2.05, 4.69) is 66.5 Å². The van der Waals surface area contributed by atoms with E-state index in [4.69, 9.17) is 0 Å². The summed E-state index contributed by atoms with van der Waals surface area (Å²) in [6.07, 6.45) is 0. The van der Waals surface area contributed by atoms with Gasteiger partial charge in [0.15, 0.2) is 0 Å². The molecule has 142 valence electrons. The average Bonchev–Trinajstić information content (AvgIpc) is 2.72. The van der Waals surface area contributed by atoms with Gasteiger partial charge in [0.05, 0.1) is 0 Å². The maximum atomic E-state index is 9.62. The Labute approximate surface area is 170 Å². The van der Waals surface area contributed by atoms with Crippen molar-refractivity contribution in [2.75, 3.05) is 7.05 Å². The van der Waals surface area contributed by atoms with Crippen molar-refractivity contribution in [2.24, 2.45) is 0 Å². The summed E-state index contributed by atoms with van der Waals surface area (Å²) < 4.78 is 0. The molecule has 5 aromatic carbocycles. The lowest BCUT2D eigenvalue weighted by Crippen LogP contribution is -2.34. The summed E-state index contributed by atoms with van der Waals surface area (Å²) in [6, 6.07) is 27.3. The summed E-state index contributed by atoms with van der Waals surface area (Å²) in [7, 11) is 0.613. The molecule has 0 bridgehead atoms. The van der Waals surface area contributed by atoms with E-state index in [9.17, 15) is 10.0 Å². The van der Waals surface area contributed by atoms with Crippen molar-refractivity contribution >= 4 is 44.9 Å². The summed E-state index contributed by atoms with van der Waals surface area (Å²) in [5, 5.41) is 27.0. The van der Waals surface area contributed by atoms with Crippen LogP contribution < -0.4 is 5.46 Å². The monoisotopic (exact) mass is 379 g/mol. The topological polar surface area (TPSA) is 43.7 Å². The van der Waals surface area contributed by atoms with Crippen LogP contribution in [0.25, 0.3) is 32.3 Å². The van der Waals surface area contributed by atoms with Crippen LogP contribution in [0.1, 0.15) is 11.1 Å². The quantitative estimate of drug-likeness (QED) is 0.360. The average molecular weight is 379 g/mol. The molecule has 2 N–H and O–H groups in total. The first-order chi connectivity index (χ1) is 14.1. The van der Waals surface area contributed by atoms with E-state index in [-0.39, 0.29) is 0 Å². The predicted molar refractivity (Wildman–Crippen MR) is 122 cm³/mol. The minimum Gasteiger partial charge on any atom is -0.423 e. The van der Waals surface area contributed by atoms with Crippen LogP contribution in [0.15, 0.2) is 78.9 Å². The second kappa shape index (κ2) is 7.16. The van der Waals surface area contributed by atoms with Crippen molar-refractivity contribution < 1.29 is 10.0 Å². The third kappa shape index (κ3) is 3.26. The Hall–Kier alpha value is -2.92. The highest BCUT2D eigenvalue weighted by Gasteiger charge is 2.16. The first-order valence-electron chi connectivity index (χ1n) is 9.89. The molecule has 29 heavy (non-hydrogen) atoms. The molecular weight excluding hydrogens is 357 g/mol. The van der Waals surface area contributed by atoms with E-state index in [1.807, 2.05) is 18.2 Å². The zero-order chi connectivity index (χ0) is 20.0. The summed E-state index contributed by atoms with van der Waals surface area (Å²) in [5.74, 6) is 0. The lowest BCUT2D eigenvalue weighted by atomic mass is 9.77. The largest absolute Gasteiger partial charge is 0.488 e. The van der Waals surface area contributed by atoms with Crippen molar-refractivity contribution in [3.8, 4) is 0 Å². The molecule has 0 aliphatic heterocycles. The van der Waals surface area contributed by atoms with Crippen LogP contribution >= 0.6 is 0 Å². The molecule has 0 spiro atoms. The van der Waals surface area contributed by atoms with Crippen molar-refractivity contribution in [1.29, 1.82) is 0 Å². The highest BCUT2D eigenvalue weighted by molar-refractivity contribution is 6.59. The Balaban J connectivity index is 1.49. The number of hydrogen-bond acceptors (Lipinski definition) is 3. The minimum absolute atomic E-state index is 0.565. The van der Waals surface area contributed by atoms with Crippen LogP contribution in [0.5, 0.6) is 0 Å². The molecule has 0 aromatic heterocycles. The number of nitrogens with zero attached hydrogens (tertiary/aromatic N) is 1. The standard InChI is InChI=1S/C25H22BNO2/c1-27(16-22-5-2-3-8-23(22)26(28)29)15-17-13-20-11-9-18-6-4-7-19-10-12-21(14-17)25(20)24(18)19/h2-14,28-29H,15-16H2,1H3. The van der Waals surface area contributed by atoms with Crippen molar-refractivity contribution in [3.05, 3.63) is 90.0 Å². The predicted octanol–water partition coefficient (Wildman–Crippen LogP) is 3.90. The third-order valence-electron chi connectivity index (χ3n) is 5.75. The summed E-state index contributed by atoms with van der Waals surface area (Å²) in [4.78, 5) is 2.20. The normalized spacial score (nSPS) is 11.9. The Morgan fingerprint density at radius 1 is 0.690 bits per heavy atom. The van der Waals surface area contributed by atoms with Gasteiger partial charge in [-0.2, -0.15) is 0 Å². The van der Waals surface area contributed by atoms with Crippen molar-refractivity contribution in [1.82, 2.24) is 4.90 Å². The lowest BCUT2D eigenvalue weighted by Gasteiger charge is -2.20. The minimum atomic E-state index is -1.45. The molecule has 5 rings (SSSR count). The molecule has 5 aromatic rings. The summed E-state index contributed by atoms with van der Waals surface area (Å²) in [6.45, 7) is 1.44. The molecule has 0 atom stereocenters. The van der Waals surface area contributed by atoms with Gasteiger partial charge in [0.1, 0.15) is 0 Å². The van der Waals surface area contributed by atoms with Crippen molar-refractivity contribution in [2.45, 2.75) is 13.1 Å². The molecule has 4 heteroatoms. The van der Waals surface area contributed by atoms with Gasteiger partial charge < -0.3 is 10.0 Å². The third-order valence-corrected chi connectivity index (χ3v) is 5.75. The highest BCUT2D eigenvalue weighted by atomic mass is 16.4. The van der Waals surface area contributed by atoms with Crippen LogP contribution in [-0.4, -0.2) is 29.1 Å². The van der Waals surface area contributed by atoms with E-state index in [1.165, 1.54) is 37.9 Å². The van der Waals surface area contributed by atoms with Gasteiger partial charge in [0, 0.05) is 13.1 Å². The van der Waals surface area contributed by atoms with Gasteiger partial charge >= 0.3 is 7.12 Å². The van der Waals surface area contributed by atoms with Crippen LogP contribution in [0.4, 0.5) is 0 Å². The highest BCUT2D eigenvalue weighted by Crippen LogP contribution is 2.35. The SMILES string of the molecule is CN(Cc1cc2ccc3cccc4ccc(c1)c2c34)Cc1ccccc1B(O)O. The molecule has 0 radical (unpaired) electrons. The smallest absolute Gasteiger partial charge is 0.423 e. The Morgan fingerprint density at radius 2 is 1.28 bits per heavy atom. The van der Waals surface area contributed by atoms with Gasteiger partial charge in [-0.1, -0.05) is 66.7 Å². The molecule has 0 saturated carbocycles. The maximum absolute atomic E-state index is 9.62. The first kappa shape index (κ1) is 18.1. The van der Waals surface area contributed by atoms with E-state index in [1.54, 1.807) is 6.07 Å². The number of rotatable bonds is 5. The van der Waals surface area contributed by atoms with Crippen LogP contribution in [0, 0.1) is 0 Å². The molecule has 0 heterocycles. The van der Waals surface area contributed by atoms with E-state index < -0.39 is 7.12 Å². The molecule has 0 saturated heterocycles. The molecule has 0 amide bonds. The molecular formula is C25H22BNO2. The first-order valence-corrected chi connectivity index (χ1v) is 9.89. The molecule has 0 aliphatic carbocycles. The fourth-order valence-corrected chi connectivity index (χ4v) is 4.50. The van der Waals surface area contributed by atoms with Gasteiger partial charge in [-0.25, -0.2) is 0 Å². The Kier molecular flexibility index (Phi) is 4.48. The van der Waals surface area contributed by atoms with E-state index in [0.29, 0.717) is 12.0 Å². The summed E-state index contributed by atoms with van der Waals surface area (Å²) in [5.41, 5.74) is 2.75. The van der Waals surface area contributed by atoms with Crippen LogP contribution in [-0.2, 0) is 13.1 Å². The summed E-state index contributed by atoms with van der Waals surface area (Å²) >= 11 is 0. The zero-order valence-electron chi connectivity index (χ0n) is 16.3. The molecule has 3 nitrogen and oxygen atoms in total. The van der Waals surface area contributed by atoms with Gasteiger partial charge in [-0.15, -0.1) is 0 Å². The fourth-order valence-electron chi connectivity index (χ4n) is 4.50. The second-order valence-electron chi connectivity index (χ2n) is 7.87. The van der Waals surface area contributed by atoms with Gasteiger partial charge in [-0.05, 0) is 68.1 Å². The number of benzene rings is 5. The Bertz CT molecular complexity index is 1250. The Morgan fingerprint density at radius 3 is 1.93 bits per heavy atom. The molecule has 0 fully saturated rings. The lowest BCUT2D eigenvalue weighted by molar-refractivity contribution is 0.319. The van der Waals surface area contributed by atoms with Gasteiger partial charge in [0.25, 0.3) is 0 Å². The van der Waals surface area contributed by atoms with Crippen LogP contribution in [0.3, 0.4) is 0 Å².